The van der Waals surface area contributed by atoms with Crippen molar-refractivity contribution >= 4 is 29.9 Å². The zero-order chi connectivity index (χ0) is 14.2. The van der Waals surface area contributed by atoms with Crippen LogP contribution in [0.15, 0.2) is 4.99 Å². The maximum absolute atomic E-state index is 4.84. The highest BCUT2D eigenvalue weighted by molar-refractivity contribution is 14.0. The van der Waals surface area contributed by atoms with Gasteiger partial charge in [0, 0.05) is 25.7 Å². The lowest BCUT2D eigenvalue weighted by Crippen LogP contribution is -2.43. The van der Waals surface area contributed by atoms with Gasteiger partial charge in [0.1, 0.15) is 0 Å². The van der Waals surface area contributed by atoms with Crippen LogP contribution in [0, 0.1) is 5.92 Å². The zero-order valence-electron chi connectivity index (χ0n) is 13.7. The summed E-state index contributed by atoms with van der Waals surface area (Å²) in [5.41, 5.74) is 0. The van der Waals surface area contributed by atoms with Crippen molar-refractivity contribution in [3.05, 3.63) is 0 Å². The van der Waals surface area contributed by atoms with E-state index in [2.05, 4.69) is 29.4 Å². The van der Waals surface area contributed by atoms with Crippen molar-refractivity contribution in [1.82, 2.24) is 15.5 Å². The molecule has 1 heterocycles. The molecule has 2 N–H and O–H groups in total. The van der Waals surface area contributed by atoms with E-state index in [4.69, 9.17) is 4.99 Å². The average Bonchev–Trinajstić information content (AvgIpc) is 2.98. The van der Waals surface area contributed by atoms with E-state index in [1.165, 1.54) is 58.2 Å². The largest absolute Gasteiger partial charge is 0.357 e. The molecule has 5 heteroatoms. The van der Waals surface area contributed by atoms with Crippen molar-refractivity contribution in [3.63, 3.8) is 0 Å². The van der Waals surface area contributed by atoms with Crippen LogP contribution in [0.1, 0.15) is 52.4 Å². The topological polar surface area (TPSA) is 39.7 Å². The maximum Gasteiger partial charge on any atom is 0.191 e. The molecule has 1 unspecified atom stereocenters. The third kappa shape index (κ3) is 6.72. The third-order valence-corrected chi connectivity index (χ3v) is 4.60. The number of aliphatic imine (C=N–C) groups is 1. The molecule has 1 saturated carbocycles. The van der Waals surface area contributed by atoms with E-state index in [0.717, 1.165) is 25.0 Å². The molecule has 0 spiro atoms. The van der Waals surface area contributed by atoms with Crippen LogP contribution >= 0.6 is 24.0 Å². The van der Waals surface area contributed by atoms with Gasteiger partial charge in [-0.1, -0.05) is 19.8 Å². The smallest absolute Gasteiger partial charge is 0.191 e. The quantitative estimate of drug-likeness (QED) is 0.418. The van der Waals surface area contributed by atoms with Crippen LogP contribution < -0.4 is 10.6 Å². The second kappa shape index (κ2) is 10.6. The first-order valence-corrected chi connectivity index (χ1v) is 8.59. The van der Waals surface area contributed by atoms with Crippen LogP contribution in [-0.4, -0.2) is 49.6 Å². The number of hydrogen-bond donors (Lipinski definition) is 2. The summed E-state index contributed by atoms with van der Waals surface area (Å²) in [6.07, 6.45) is 8.01. The minimum atomic E-state index is 0. The Hall–Kier alpha value is -0.0400. The number of nitrogens with one attached hydrogen (secondary N) is 2. The summed E-state index contributed by atoms with van der Waals surface area (Å²) in [6, 6.07) is 0.645. The molecule has 1 saturated heterocycles. The Balaban J connectivity index is 0.00000220. The number of halogens is 1. The highest BCUT2D eigenvalue weighted by Gasteiger charge is 2.19. The highest BCUT2D eigenvalue weighted by Crippen LogP contribution is 2.18. The van der Waals surface area contributed by atoms with E-state index in [-0.39, 0.29) is 24.0 Å². The standard InChI is InChI=1S/C16H32N4.HI/c1-3-17-16(19-15-9-5-6-10-15)18-12-14-8-7-11-20(4-2)13-14;/h14-15H,3-13H2,1-2H3,(H2,17,18,19);1H. The number of likely N-dealkylation sites (tertiary alicyclic amines) is 1. The first kappa shape index (κ1) is 19.0. The molecule has 21 heavy (non-hydrogen) atoms. The lowest BCUT2D eigenvalue weighted by molar-refractivity contribution is 0.186. The minimum Gasteiger partial charge on any atom is -0.357 e. The predicted octanol–water partition coefficient (Wildman–Crippen LogP) is 2.83. The molecule has 0 radical (unpaired) electrons. The van der Waals surface area contributed by atoms with Gasteiger partial charge in [0.25, 0.3) is 0 Å². The molecule has 4 nitrogen and oxygen atoms in total. The van der Waals surface area contributed by atoms with Crippen LogP contribution in [0.4, 0.5) is 0 Å². The number of hydrogen-bond acceptors (Lipinski definition) is 2. The van der Waals surface area contributed by atoms with Crippen LogP contribution in [0.25, 0.3) is 0 Å². The first-order valence-electron chi connectivity index (χ1n) is 8.59. The highest BCUT2D eigenvalue weighted by atomic mass is 127. The number of rotatable bonds is 5. The summed E-state index contributed by atoms with van der Waals surface area (Å²) in [4.78, 5) is 7.39. The van der Waals surface area contributed by atoms with E-state index in [1.54, 1.807) is 0 Å². The number of piperidine rings is 1. The van der Waals surface area contributed by atoms with E-state index in [0.29, 0.717) is 6.04 Å². The Morgan fingerprint density at radius 1 is 1.14 bits per heavy atom. The molecular formula is C16H33IN4. The summed E-state index contributed by atoms with van der Waals surface area (Å²) in [5, 5.41) is 7.01. The lowest BCUT2D eigenvalue weighted by Gasteiger charge is -2.31. The molecular weight excluding hydrogens is 375 g/mol. The molecule has 1 atom stereocenters. The van der Waals surface area contributed by atoms with Crippen molar-refractivity contribution in [1.29, 1.82) is 0 Å². The van der Waals surface area contributed by atoms with Crippen LogP contribution in [0.2, 0.25) is 0 Å². The maximum atomic E-state index is 4.84. The number of guanidine groups is 1. The fourth-order valence-electron chi connectivity index (χ4n) is 3.39. The molecule has 1 aliphatic carbocycles. The van der Waals surface area contributed by atoms with Crippen LogP contribution in [0.5, 0.6) is 0 Å². The summed E-state index contributed by atoms with van der Waals surface area (Å²) in [5.74, 6) is 1.77. The molecule has 124 valence electrons. The monoisotopic (exact) mass is 408 g/mol. The van der Waals surface area contributed by atoms with Gasteiger partial charge in [-0.05, 0) is 51.6 Å². The van der Waals surface area contributed by atoms with Crippen molar-refractivity contribution in [2.45, 2.75) is 58.4 Å². The van der Waals surface area contributed by atoms with Crippen molar-refractivity contribution in [3.8, 4) is 0 Å². The van der Waals surface area contributed by atoms with E-state index >= 15 is 0 Å². The van der Waals surface area contributed by atoms with Gasteiger partial charge in [0.15, 0.2) is 5.96 Å². The van der Waals surface area contributed by atoms with E-state index in [1.807, 2.05) is 0 Å². The molecule has 2 rings (SSSR count). The van der Waals surface area contributed by atoms with Gasteiger partial charge in [0.05, 0.1) is 0 Å². The van der Waals surface area contributed by atoms with Gasteiger partial charge in [-0.2, -0.15) is 0 Å². The fraction of sp³-hybridized carbons (Fsp3) is 0.938. The second-order valence-electron chi connectivity index (χ2n) is 6.25. The Morgan fingerprint density at radius 3 is 2.57 bits per heavy atom. The molecule has 0 aromatic rings. The Morgan fingerprint density at radius 2 is 1.90 bits per heavy atom. The third-order valence-electron chi connectivity index (χ3n) is 4.60. The Labute approximate surface area is 147 Å². The van der Waals surface area contributed by atoms with Gasteiger partial charge < -0.3 is 15.5 Å². The van der Waals surface area contributed by atoms with E-state index in [9.17, 15) is 0 Å². The summed E-state index contributed by atoms with van der Waals surface area (Å²) >= 11 is 0. The lowest BCUT2D eigenvalue weighted by atomic mass is 9.98. The average molecular weight is 408 g/mol. The normalized spacial score (nSPS) is 24.7. The molecule has 0 aromatic heterocycles. The summed E-state index contributed by atoms with van der Waals surface area (Å²) in [6.45, 7) is 10.0. The van der Waals surface area contributed by atoms with Gasteiger partial charge in [0.2, 0.25) is 0 Å². The van der Waals surface area contributed by atoms with Gasteiger partial charge in [-0.25, -0.2) is 0 Å². The number of nitrogens with zero attached hydrogens (tertiary/aromatic N) is 2. The summed E-state index contributed by atoms with van der Waals surface area (Å²) in [7, 11) is 0. The summed E-state index contributed by atoms with van der Waals surface area (Å²) < 4.78 is 0. The van der Waals surface area contributed by atoms with Crippen molar-refractivity contribution < 1.29 is 0 Å². The Kier molecular flexibility index (Phi) is 9.64. The SMILES string of the molecule is CCNC(=NCC1CCCN(CC)C1)NC1CCCC1.I. The first-order chi connectivity index (χ1) is 9.81. The molecule has 0 bridgehead atoms. The second-order valence-corrected chi connectivity index (χ2v) is 6.25. The van der Waals surface area contributed by atoms with Crippen LogP contribution in [-0.2, 0) is 0 Å². The molecule has 0 amide bonds. The van der Waals surface area contributed by atoms with Crippen LogP contribution in [0.3, 0.4) is 0 Å². The Bertz CT molecular complexity index is 303. The minimum absolute atomic E-state index is 0. The molecule has 2 aliphatic rings. The van der Waals surface area contributed by atoms with Gasteiger partial charge in [-0.15, -0.1) is 24.0 Å². The zero-order valence-corrected chi connectivity index (χ0v) is 16.1. The fourth-order valence-corrected chi connectivity index (χ4v) is 3.39. The van der Waals surface area contributed by atoms with Crippen molar-refractivity contribution in [2.24, 2.45) is 10.9 Å². The van der Waals surface area contributed by atoms with E-state index < -0.39 is 0 Å². The van der Waals surface area contributed by atoms with Gasteiger partial charge >= 0.3 is 0 Å². The van der Waals surface area contributed by atoms with Gasteiger partial charge in [-0.3, -0.25) is 4.99 Å². The predicted molar refractivity (Wildman–Crippen MR) is 102 cm³/mol. The molecule has 1 aliphatic heterocycles. The molecule has 0 aromatic carbocycles. The van der Waals surface area contributed by atoms with Crippen molar-refractivity contribution in [2.75, 3.05) is 32.7 Å². The molecule has 2 fully saturated rings.